The van der Waals surface area contributed by atoms with Crippen molar-refractivity contribution < 1.29 is 4.42 Å². The molecule has 0 saturated carbocycles. The molecule has 0 aliphatic rings. The van der Waals surface area contributed by atoms with Crippen LogP contribution in [0.2, 0.25) is 0 Å². The highest BCUT2D eigenvalue weighted by molar-refractivity contribution is 5.46. The largest absolute Gasteiger partial charge is 0.467 e. The standard InChI is InChI=1S/C16H23N3O/c1-3-8-17-12-14-11-15(7-9-18-14)19(4-2)13-16-6-5-10-20-16/h5-7,9-11,17H,3-4,8,12-13H2,1-2H3. The summed E-state index contributed by atoms with van der Waals surface area (Å²) in [7, 11) is 0. The van der Waals surface area contributed by atoms with Gasteiger partial charge < -0.3 is 14.6 Å². The molecule has 0 fully saturated rings. The Morgan fingerprint density at radius 3 is 2.90 bits per heavy atom. The summed E-state index contributed by atoms with van der Waals surface area (Å²) in [6.45, 7) is 7.88. The Hall–Kier alpha value is -1.81. The Kier molecular flexibility index (Phi) is 5.62. The second-order valence-corrected chi connectivity index (χ2v) is 4.78. The van der Waals surface area contributed by atoms with E-state index in [1.54, 1.807) is 6.26 Å². The summed E-state index contributed by atoms with van der Waals surface area (Å²) < 4.78 is 5.43. The zero-order valence-corrected chi connectivity index (χ0v) is 12.3. The Morgan fingerprint density at radius 2 is 2.20 bits per heavy atom. The third-order valence-electron chi connectivity index (χ3n) is 3.21. The van der Waals surface area contributed by atoms with E-state index in [1.165, 1.54) is 5.69 Å². The molecule has 2 aromatic rings. The van der Waals surface area contributed by atoms with Crippen molar-refractivity contribution in [3.05, 3.63) is 48.2 Å². The Bertz CT molecular complexity index is 496. The van der Waals surface area contributed by atoms with Gasteiger partial charge >= 0.3 is 0 Å². The van der Waals surface area contributed by atoms with Crippen molar-refractivity contribution in [1.29, 1.82) is 0 Å². The molecule has 0 atom stereocenters. The van der Waals surface area contributed by atoms with E-state index in [0.29, 0.717) is 0 Å². The molecule has 20 heavy (non-hydrogen) atoms. The van der Waals surface area contributed by atoms with Crippen LogP contribution in [-0.4, -0.2) is 18.1 Å². The first-order valence-electron chi connectivity index (χ1n) is 7.26. The SMILES string of the molecule is CCCNCc1cc(N(CC)Cc2ccco2)ccn1. The van der Waals surface area contributed by atoms with Crippen molar-refractivity contribution in [2.75, 3.05) is 18.0 Å². The second-order valence-electron chi connectivity index (χ2n) is 4.78. The molecule has 0 bridgehead atoms. The highest BCUT2D eigenvalue weighted by Crippen LogP contribution is 2.17. The molecule has 0 saturated heterocycles. The number of aromatic nitrogens is 1. The third kappa shape index (κ3) is 4.10. The molecule has 4 heteroatoms. The zero-order chi connectivity index (χ0) is 14.2. The number of nitrogens with zero attached hydrogens (tertiary/aromatic N) is 2. The number of rotatable bonds is 8. The van der Waals surface area contributed by atoms with Gasteiger partial charge in [0, 0.05) is 25.0 Å². The second kappa shape index (κ2) is 7.70. The molecular formula is C16H23N3O. The van der Waals surface area contributed by atoms with Crippen molar-refractivity contribution >= 4 is 5.69 Å². The molecule has 2 rings (SSSR count). The monoisotopic (exact) mass is 273 g/mol. The van der Waals surface area contributed by atoms with Gasteiger partial charge in [0.05, 0.1) is 18.5 Å². The molecule has 1 N–H and O–H groups in total. The number of pyridine rings is 1. The van der Waals surface area contributed by atoms with Crippen LogP contribution >= 0.6 is 0 Å². The minimum atomic E-state index is 0.787. The van der Waals surface area contributed by atoms with Gasteiger partial charge in [0.25, 0.3) is 0 Å². The normalized spacial score (nSPS) is 10.7. The van der Waals surface area contributed by atoms with Gasteiger partial charge in [-0.3, -0.25) is 4.98 Å². The van der Waals surface area contributed by atoms with Crippen molar-refractivity contribution in [1.82, 2.24) is 10.3 Å². The van der Waals surface area contributed by atoms with Gasteiger partial charge in [-0.1, -0.05) is 6.92 Å². The van der Waals surface area contributed by atoms with E-state index in [2.05, 4.69) is 41.2 Å². The molecule has 0 unspecified atom stereocenters. The lowest BCUT2D eigenvalue weighted by Crippen LogP contribution is -2.22. The molecule has 0 spiro atoms. The van der Waals surface area contributed by atoms with Gasteiger partial charge in [-0.15, -0.1) is 0 Å². The summed E-state index contributed by atoms with van der Waals surface area (Å²) in [5.41, 5.74) is 2.26. The van der Waals surface area contributed by atoms with Crippen LogP contribution in [0, 0.1) is 0 Å². The van der Waals surface area contributed by atoms with Crippen LogP contribution in [0.5, 0.6) is 0 Å². The van der Waals surface area contributed by atoms with Crippen LogP contribution in [0.4, 0.5) is 5.69 Å². The van der Waals surface area contributed by atoms with E-state index >= 15 is 0 Å². The quantitative estimate of drug-likeness (QED) is 0.750. The van der Waals surface area contributed by atoms with E-state index in [1.807, 2.05) is 18.3 Å². The van der Waals surface area contributed by atoms with Crippen LogP contribution < -0.4 is 10.2 Å². The van der Waals surface area contributed by atoms with Crippen LogP contribution in [0.3, 0.4) is 0 Å². The van der Waals surface area contributed by atoms with Gasteiger partial charge in [-0.2, -0.15) is 0 Å². The number of furan rings is 1. The van der Waals surface area contributed by atoms with E-state index < -0.39 is 0 Å². The summed E-state index contributed by atoms with van der Waals surface area (Å²) in [6.07, 6.45) is 4.73. The van der Waals surface area contributed by atoms with Crippen LogP contribution in [0.25, 0.3) is 0 Å². The van der Waals surface area contributed by atoms with Crippen LogP contribution in [-0.2, 0) is 13.1 Å². The lowest BCUT2D eigenvalue weighted by molar-refractivity contribution is 0.503. The molecule has 2 heterocycles. The highest BCUT2D eigenvalue weighted by atomic mass is 16.3. The van der Waals surface area contributed by atoms with Gasteiger partial charge in [-0.25, -0.2) is 0 Å². The van der Waals surface area contributed by atoms with Gasteiger partial charge in [0.2, 0.25) is 0 Å². The van der Waals surface area contributed by atoms with Crippen molar-refractivity contribution in [2.45, 2.75) is 33.4 Å². The average molecular weight is 273 g/mol. The molecule has 0 amide bonds. The number of hydrogen-bond acceptors (Lipinski definition) is 4. The summed E-state index contributed by atoms with van der Waals surface area (Å²) in [4.78, 5) is 6.69. The van der Waals surface area contributed by atoms with Crippen LogP contribution in [0.15, 0.2) is 41.1 Å². The Balaban J connectivity index is 2.03. The number of nitrogens with one attached hydrogen (secondary N) is 1. The topological polar surface area (TPSA) is 41.3 Å². The minimum absolute atomic E-state index is 0.787. The maximum absolute atomic E-state index is 5.43. The summed E-state index contributed by atoms with van der Waals surface area (Å²) in [5, 5.41) is 3.38. The molecule has 0 aromatic carbocycles. The first kappa shape index (κ1) is 14.6. The first-order valence-corrected chi connectivity index (χ1v) is 7.26. The lowest BCUT2D eigenvalue weighted by Gasteiger charge is -2.22. The molecule has 4 nitrogen and oxygen atoms in total. The molecule has 0 aliphatic heterocycles. The van der Waals surface area contributed by atoms with Crippen molar-refractivity contribution in [3.8, 4) is 0 Å². The first-order chi connectivity index (χ1) is 9.83. The van der Waals surface area contributed by atoms with Crippen molar-refractivity contribution in [2.24, 2.45) is 0 Å². The van der Waals surface area contributed by atoms with Crippen LogP contribution in [0.1, 0.15) is 31.7 Å². The third-order valence-corrected chi connectivity index (χ3v) is 3.21. The molecular weight excluding hydrogens is 250 g/mol. The fourth-order valence-corrected chi connectivity index (χ4v) is 2.13. The average Bonchev–Trinajstić information content (AvgIpc) is 2.98. The summed E-state index contributed by atoms with van der Waals surface area (Å²) in [5.74, 6) is 0.981. The van der Waals surface area contributed by atoms with Gasteiger partial charge in [-0.05, 0) is 44.2 Å². The predicted molar refractivity (Wildman–Crippen MR) is 81.7 cm³/mol. The van der Waals surface area contributed by atoms with Gasteiger partial charge in [0.1, 0.15) is 5.76 Å². The van der Waals surface area contributed by atoms with Gasteiger partial charge in [0.15, 0.2) is 0 Å². The number of hydrogen-bond donors (Lipinski definition) is 1. The van der Waals surface area contributed by atoms with E-state index in [9.17, 15) is 0 Å². The fourth-order valence-electron chi connectivity index (χ4n) is 2.13. The maximum Gasteiger partial charge on any atom is 0.123 e. The molecule has 0 aliphatic carbocycles. The van der Waals surface area contributed by atoms with E-state index in [0.717, 1.165) is 44.1 Å². The summed E-state index contributed by atoms with van der Waals surface area (Å²) in [6, 6.07) is 8.13. The Morgan fingerprint density at radius 1 is 1.30 bits per heavy atom. The van der Waals surface area contributed by atoms with E-state index in [-0.39, 0.29) is 0 Å². The fraction of sp³-hybridized carbons (Fsp3) is 0.438. The molecule has 2 aromatic heterocycles. The number of anilines is 1. The highest BCUT2D eigenvalue weighted by Gasteiger charge is 2.08. The van der Waals surface area contributed by atoms with Crippen molar-refractivity contribution in [3.63, 3.8) is 0 Å². The zero-order valence-electron chi connectivity index (χ0n) is 12.3. The lowest BCUT2D eigenvalue weighted by atomic mass is 10.2. The molecule has 108 valence electrons. The summed E-state index contributed by atoms with van der Waals surface area (Å²) >= 11 is 0. The van der Waals surface area contributed by atoms with E-state index in [4.69, 9.17) is 4.42 Å². The predicted octanol–water partition coefficient (Wildman–Crippen LogP) is 3.20. The molecule has 0 radical (unpaired) electrons. The minimum Gasteiger partial charge on any atom is -0.467 e. The smallest absolute Gasteiger partial charge is 0.123 e. The Labute approximate surface area is 120 Å². The maximum atomic E-state index is 5.43.